The summed E-state index contributed by atoms with van der Waals surface area (Å²) in [4.78, 5) is 27.3. The zero-order valence-electron chi connectivity index (χ0n) is 5.54. The average molecular weight is 225 g/mol. The largest absolute Gasteiger partial charge is 4.00 e. The van der Waals surface area contributed by atoms with Gasteiger partial charge in [-0.2, -0.15) is 0 Å². The maximum absolute atomic E-state index is 9.89. The molecule has 52 valence electrons. The Morgan fingerprint density at radius 2 is 1.30 bits per heavy atom. The topological polar surface area (TPSA) is 61.8 Å². The summed E-state index contributed by atoms with van der Waals surface area (Å²) in [5, 5.41) is 3.66. The molecule has 0 spiro atoms. The van der Waals surface area contributed by atoms with E-state index in [4.69, 9.17) is 0 Å². The van der Waals surface area contributed by atoms with E-state index in [0.717, 1.165) is 13.8 Å². The normalized spacial score (nSPS) is 7.40. The van der Waals surface area contributed by atoms with Crippen molar-refractivity contribution in [3.05, 3.63) is 0 Å². The molecule has 6 heteroatoms. The Labute approximate surface area is 76.6 Å². The first-order valence-corrected chi connectivity index (χ1v) is 2.15. The van der Waals surface area contributed by atoms with Crippen LogP contribution < -0.4 is 0 Å². The van der Waals surface area contributed by atoms with E-state index in [1.807, 2.05) is 0 Å². The third-order valence-electron chi connectivity index (χ3n) is 0.303. The van der Waals surface area contributed by atoms with E-state index in [2.05, 4.69) is 14.8 Å². The third-order valence-corrected chi connectivity index (χ3v) is 0.303. The van der Waals surface area contributed by atoms with Gasteiger partial charge in [0.1, 0.15) is 0 Å². The molecular formula is C4H6O5Zr+4. The number of rotatable bonds is 2. The molecule has 0 aromatic rings. The molecular weight excluding hydrogens is 219 g/mol. The van der Waals surface area contributed by atoms with Gasteiger partial charge >= 0.3 is 38.1 Å². The molecule has 0 aliphatic rings. The molecule has 0 saturated heterocycles. The van der Waals surface area contributed by atoms with Crippen LogP contribution in [0.1, 0.15) is 13.8 Å². The van der Waals surface area contributed by atoms with Crippen LogP contribution in [0, 0.1) is 0 Å². The molecule has 0 aliphatic heterocycles. The fraction of sp³-hybridized carbons (Fsp3) is 0.500. The Morgan fingerprint density at radius 3 is 1.50 bits per heavy atom. The first-order chi connectivity index (χ1) is 4.13. The van der Waals surface area contributed by atoms with Crippen molar-refractivity contribution >= 4 is 11.9 Å². The Hall–Kier alpha value is -0.217. The zero-order chi connectivity index (χ0) is 7.28. The summed E-state index contributed by atoms with van der Waals surface area (Å²) >= 11 is 0. The second-order valence-electron chi connectivity index (χ2n) is 1.22. The van der Waals surface area contributed by atoms with Gasteiger partial charge < -0.3 is 0 Å². The van der Waals surface area contributed by atoms with E-state index >= 15 is 0 Å². The Kier molecular flexibility index (Phi) is 8.59. The van der Waals surface area contributed by atoms with Gasteiger partial charge in [0.15, 0.2) is 0 Å². The minimum absolute atomic E-state index is 0. The molecule has 0 heterocycles. The molecule has 0 radical (unpaired) electrons. The number of carbonyl (C=O) groups excluding carboxylic acids is 2. The van der Waals surface area contributed by atoms with E-state index in [1.54, 1.807) is 0 Å². The van der Waals surface area contributed by atoms with Gasteiger partial charge in [0.2, 0.25) is 0 Å². The zero-order valence-corrected chi connectivity index (χ0v) is 8.00. The van der Waals surface area contributed by atoms with Crippen LogP contribution in [-0.2, 0) is 50.6 Å². The van der Waals surface area contributed by atoms with Crippen LogP contribution in [0.25, 0.3) is 0 Å². The van der Waals surface area contributed by atoms with E-state index in [-0.39, 0.29) is 26.2 Å². The molecule has 0 aromatic carbocycles. The van der Waals surface area contributed by atoms with E-state index < -0.39 is 11.9 Å². The van der Waals surface area contributed by atoms with Gasteiger partial charge in [-0.05, 0) is 0 Å². The number of carbonyl (C=O) groups is 2. The second-order valence-corrected chi connectivity index (χ2v) is 1.22. The molecule has 0 unspecified atom stereocenters. The molecule has 0 fully saturated rings. The van der Waals surface area contributed by atoms with Crippen LogP contribution >= 0.6 is 0 Å². The monoisotopic (exact) mass is 224 g/mol. The summed E-state index contributed by atoms with van der Waals surface area (Å²) in [6.45, 7) is 2.23. The van der Waals surface area contributed by atoms with Crippen molar-refractivity contribution in [3.8, 4) is 0 Å². The number of hydrogen-bond acceptors (Lipinski definition) is 5. The predicted octanol–water partition coefficient (Wildman–Crippen LogP) is -0.0433. The molecule has 0 N–H and O–H groups in total. The van der Waals surface area contributed by atoms with Crippen molar-refractivity contribution in [3.63, 3.8) is 0 Å². The average Bonchev–Trinajstić information content (AvgIpc) is 1.63. The molecule has 0 rings (SSSR count). The summed E-state index contributed by atoms with van der Waals surface area (Å²) in [5.41, 5.74) is 0. The van der Waals surface area contributed by atoms with Crippen LogP contribution in [-0.4, -0.2) is 11.9 Å². The van der Waals surface area contributed by atoms with Crippen molar-refractivity contribution in [2.75, 3.05) is 0 Å². The van der Waals surface area contributed by atoms with Gasteiger partial charge in [-0.15, -0.1) is 0 Å². The van der Waals surface area contributed by atoms with Gasteiger partial charge in [-0.1, -0.05) is 0 Å². The van der Waals surface area contributed by atoms with Gasteiger partial charge in [-0.3, -0.25) is 9.78 Å². The predicted molar refractivity (Wildman–Crippen MR) is 24.6 cm³/mol. The molecule has 0 bridgehead atoms. The van der Waals surface area contributed by atoms with Crippen LogP contribution in [0.2, 0.25) is 0 Å². The summed E-state index contributed by atoms with van der Waals surface area (Å²) in [7, 11) is 0. The van der Waals surface area contributed by atoms with Crippen molar-refractivity contribution < 1.29 is 50.6 Å². The third kappa shape index (κ3) is 10.7. The fourth-order valence-electron chi connectivity index (χ4n) is 0.113. The summed E-state index contributed by atoms with van der Waals surface area (Å²) in [6, 6.07) is 0. The van der Waals surface area contributed by atoms with E-state index in [9.17, 15) is 9.59 Å². The van der Waals surface area contributed by atoms with Crippen molar-refractivity contribution in [1.29, 1.82) is 0 Å². The molecule has 0 atom stereocenters. The van der Waals surface area contributed by atoms with Gasteiger partial charge in [0.05, 0.1) is 0 Å². The summed E-state index contributed by atoms with van der Waals surface area (Å²) in [6.07, 6.45) is 0. The maximum atomic E-state index is 9.89. The van der Waals surface area contributed by atoms with E-state index in [0.29, 0.717) is 0 Å². The molecule has 0 aliphatic carbocycles. The van der Waals surface area contributed by atoms with Gasteiger partial charge in [0.25, 0.3) is 0 Å². The maximum Gasteiger partial charge on any atom is 4.00 e. The SMILES string of the molecule is CC(=O)OOOC(C)=O.[Zr+4]. The van der Waals surface area contributed by atoms with Crippen LogP contribution in [0.15, 0.2) is 0 Å². The quantitative estimate of drug-likeness (QED) is 0.487. The second kappa shape index (κ2) is 6.90. The summed E-state index contributed by atoms with van der Waals surface area (Å²) in [5.74, 6) is -1.37. The Balaban J connectivity index is 0. The molecule has 10 heavy (non-hydrogen) atoms. The van der Waals surface area contributed by atoms with Crippen LogP contribution in [0.3, 0.4) is 0 Å². The van der Waals surface area contributed by atoms with Crippen LogP contribution in [0.5, 0.6) is 0 Å². The first-order valence-electron chi connectivity index (χ1n) is 2.15. The van der Waals surface area contributed by atoms with Gasteiger partial charge in [0, 0.05) is 18.9 Å². The number of hydrogen-bond donors (Lipinski definition) is 0. The Bertz CT molecular complexity index is 109. The molecule has 0 aromatic heterocycles. The van der Waals surface area contributed by atoms with Crippen molar-refractivity contribution in [2.45, 2.75) is 13.8 Å². The fourth-order valence-corrected chi connectivity index (χ4v) is 0.113. The minimum atomic E-state index is -0.684. The molecule has 0 amide bonds. The van der Waals surface area contributed by atoms with E-state index in [1.165, 1.54) is 0 Å². The van der Waals surface area contributed by atoms with Crippen molar-refractivity contribution in [1.82, 2.24) is 0 Å². The smallest absolute Gasteiger partial charge is 0.260 e. The van der Waals surface area contributed by atoms with Gasteiger partial charge in [-0.25, -0.2) is 9.59 Å². The van der Waals surface area contributed by atoms with Crippen LogP contribution in [0.4, 0.5) is 0 Å². The first kappa shape index (κ1) is 12.5. The standard InChI is InChI=1S/C4H6O5.Zr/c1-3(5)7-9-8-4(2)6;/h1-2H3;/q;+4. The summed E-state index contributed by atoms with van der Waals surface area (Å²) < 4.78 is 0. The minimum Gasteiger partial charge on any atom is -0.260 e. The van der Waals surface area contributed by atoms with Crippen molar-refractivity contribution in [2.24, 2.45) is 0 Å². The Morgan fingerprint density at radius 1 is 1.00 bits per heavy atom. The molecule has 0 saturated carbocycles. The molecule has 5 nitrogen and oxygen atoms in total.